The van der Waals surface area contributed by atoms with Crippen molar-refractivity contribution in [2.24, 2.45) is 28.6 Å². The van der Waals surface area contributed by atoms with E-state index in [9.17, 15) is 29.1 Å². The number of fused-ring (bicyclic) bond motifs is 5. The van der Waals surface area contributed by atoms with Gasteiger partial charge in [0.25, 0.3) is 0 Å². The highest BCUT2D eigenvalue weighted by Crippen LogP contribution is 2.68. The minimum absolute atomic E-state index is 0.00152. The molecule has 2 aliphatic heterocycles. The Labute approximate surface area is 341 Å². The van der Waals surface area contributed by atoms with E-state index in [1.807, 2.05) is 6.92 Å². The Bertz CT molecular complexity index is 1610. The highest BCUT2D eigenvalue weighted by molar-refractivity contribution is 5.68. The van der Waals surface area contributed by atoms with Crippen LogP contribution >= 0.6 is 0 Å². The zero-order valence-corrected chi connectivity index (χ0v) is 35.7. The lowest BCUT2D eigenvalue weighted by Gasteiger charge is -2.61. The fourth-order valence-corrected chi connectivity index (χ4v) is 11.9. The van der Waals surface area contributed by atoms with Crippen LogP contribution in [0.3, 0.4) is 0 Å². The van der Waals surface area contributed by atoms with Crippen LogP contribution in [0.15, 0.2) is 11.6 Å². The van der Waals surface area contributed by atoms with Gasteiger partial charge in [0.05, 0.1) is 23.9 Å². The molecule has 6 rings (SSSR count). The summed E-state index contributed by atoms with van der Waals surface area (Å²) in [4.78, 5) is 60.9. The normalized spacial score (nSPS) is 43.9. The van der Waals surface area contributed by atoms with Gasteiger partial charge in [-0.3, -0.25) is 24.0 Å². The predicted octanol–water partition coefficient (Wildman–Crippen LogP) is 5.01. The minimum atomic E-state index is -1.20. The Balaban J connectivity index is 1.18. The van der Waals surface area contributed by atoms with Gasteiger partial charge in [-0.2, -0.15) is 0 Å². The monoisotopic (exact) mass is 820 g/mol. The van der Waals surface area contributed by atoms with E-state index in [1.165, 1.54) is 40.2 Å². The molecule has 4 aliphatic carbocycles. The molecule has 2 saturated heterocycles. The Morgan fingerprint density at radius 1 is 0.724 bits per heavy atom. The van der Waals surface area contributed by atoms with Crippen molar-refractivity contribution < 1.29 is 71.7 Å². The molecular weight excluding hydrogens is 756 g/mol. The molecule has 3 saturated carbocycles. The van der Waals surface area contributed by atoms with Crippen molar-refractivity contribution >= 4 is 29.8 Å². The molecule has 326 valence electrons. The molecule has 0 bridgehead atoms. The summed E-state index contributed by atoms with van der Waals surface area (Å²) in [5, 5.41) is 12.6. The molecule has 58 heavy (non-hydrogen) atoms. The maximum Gasteiger partial charge on any atom is 0.303 e. The van der Waals surface area contributed by atoms with Crippen LogP contribution in [0, 0.1) is 28.6 Å². The van der Waals surface area contributed by atoms with Gasteiger partial charge in [-0.25, -0.2) is 0 Å². The smallest absolute Gasteiger partial charge is 0.303 e. The lowest BCUT2D eigenvalue weighted by atomic mass is 9.45. The number of esters is 5. The van der Waals surface area contributed by atoms with Crippen LogP contribution in [0.2, 0.25) is 0 Å². The van der Waals surface area contributed by atoms with E-state index < -0.39 is 84.8 Å². The van der Waals surface area contributed by atoms with Gasteiger partial charge in [0.2, 0.25) is 0 Å². The van der Waals surface area contributed by atoms with E-state index in [2.05, 4.69) is 19.9 Å². The third-order valence-electron chi connectivity index (χ3n) is 14.4. The van der Waals surface area contributed by atoms with Crippen molar-refractivity contribution in [3.8, 4) is 0 Å². The number of hydrogen-bond donors (Lipinski definition) is 1. The minimum Gasteiger partial charge on any atom is -0.463 e. The highest BCUT2D eigenvalue weighted by atomic mass is 16.8. The number of carbonyl (C=O) groups excluding carboxylic acids is 5. The van der Waals surface area contributed by atoms with E-state index in [-0.39, 0.29) is 53.2 Å². The summed E-state index contributed by atoms with van der Waals surface area (Å²) in [5.41, 5.74) is -0.0930. The lowest BCUT2D eigenvalue weighted by molar-refractivity contribution is -0.343. The van der Waals surface area contributed by atoms with Gasteiger partial charge in [-0.15, -0.1) is 0 Å². The first-order chi connectivity index (χ1) is 27.2. The molecule has 0 aromatic rings. The third-order valence-corrected chi connectivity index (χ3v) is 14.4. The van der Waals surface area contributed by atoms with Crippen molar-refractivity contribution in [3.05, 3.63) is 11.6 Å². The quantitative estimate of drug-likeness (QED) is 0.176. The van der Waals surface area contributed by atoms with E-state index >= 15 is 0 Å². The van der Waals surface area contributed by atoms with Gasteiger partial charge in [0, 0.05) is 52.4 Å². The Morgan fingerprint density at radius 3 is 1.98 bits per heavy atom. The van der Waals surface area contributed by atoms with Gasteiger partial charge in [0.15, 0.2) is 30.9 Å². The van der Waals surface area contributed by atoms with Crippen LogP contribution < -0.4 is 0 Å². The highest BCUT2D eigenvalue weighted by Gasteiger charge is 2.67. The molecular formula is C43H64O15. The van der Waals surface area contributed by atoms with Crippen LogP contribution in [0.1, 0.15) is 127 Å². The van der Waals surface area contributed by atoms with Crippen molar-refractivity contribution in [3.63, 3.8) is 0 Å². The molecule has 0 unspecified atom stereocenters. The maximum atomic E-state index is 12.6. The third kappa shape index (κ3) is 8.57. The van der Waals surface area contributed by atoms with Crippen molar-refractivity contribution in [2.75, 3.05) is 0 Å². The largest absolute Gasteiger partial charge is 0.463 e. The van der Waals surface area contributed by atoms with Gasteiger partial charge in [0.1, 0.15) is 18.3 Å². The molecule has 0 radical (unpaired) electrons. The molecule has 0 aromatic carbocycles. The summed E-state index contributed by atoms with van der Waals surface area (Å²) in [6.07, 6.45) is -0.796. The number of aliphatic hydroxyl groups is 1. The van der Waals surface area contributed by atoms with Gasteiger partial charge < -0.3 is 47.7 Å². The summed E-state index contributed by atoms with van der Waals surface area (Å²) >= 11 is 0. The fraction of sp³-hybridized carbons (Fsp3) is 0.837. The first kappa shape index (κ1) is 44.4. The molecule has 5 fully saturated rings. The Hall–Kier alpha value is -3.11. The topological polar surface area (TPSA) is 189 Å². The first-order valence-corrected chi connectivity index (χ1v) is 21.1. The maximum absolute atomic E-state index is 12.6. The van der Waals surface area contributed by atoms with Crippen LogP contribution in [-0.4, -0.2) is 108 Å². The van der Waals surface area contributed by atoms with E-state index in [0.29, 0.717) is 19.3 Å². The summed E-state index contributed by atoms with van der Waals surface area (Å²) in [5.74, 6) is -2.26. The van der Waals surface area contributed by atoms with E-state index in [0.717, 1.165) is 32.1 Å². The van der Waals surface area contributed by atoms with Crippen LogP contribution in [0.25, 0.3) is 0 Å². The molecule has 0 amide bonds. The zero-order valence-electron chi connectivity index (χ0n) is 35.7. The number of hydrogen-bond acceptors (Lipinski definition) is 15. The van der Waals surface area contributed by atoms with E-state index in [1.54, 1.807) is 13.8 Å². The van der Waals surface area contributed by atoms with Crippen molar-refractivity contribution in [1.82, 2.24) is 0 Å². The SMILES string of the molecule is CC(=O)O[C@H]1[C@H](OC(C)=O)[C@H](O[C@H]2CC[C@@]3(C)C(=CC[C@@H]4[C@@H]3CC[C@]3(C)[C@@H]([C@H](C)OC(C)=O)CC[C@]43O)C2)O[C@@H](C)[C@H]1O[C@H]1C[C@@H](OC(C)=O)[C@H](OC(C)=O)[C@@H](C)O1. The second-order valence-electron chi connectivity index (χ2n) is 18.1. The molecule has 6 aliphatic rings. The summed E-state index contributed by atoms with van der Waals surface area (Å²) in [6.45, 7) is 16.3. The first-order valence-electron chi connectivity index (χ1n) is 21.1. The lowest BCUT2D eigenvalue weighted by Crippen LogP contribution is -2.63. The van der Waals surface area contributed by atoms with Gasteiger partial charge in [-0.1, -0.05) is 25.5 Å². The molecule has 2 heterocycles. The number of ether oxygens (including phenoxy) is 9. The second-order valence-corrected chi connectivity index (χ2v) is 18.1. The molecule has 15 nitrogen and oxygen atoms in total. The summed E-state index contributed by atoms with van der Waals surface area (Å²) in [6, 6.07) is 0. The second kappa shape index (κ2) is 17.1. The standard InChI is InChI=1S/C43H64O15/c1-21(50-24(4)44)31-15-18-43(49)33-12-11-29-19-30(13-16-41(29,9)32(33)14-17-42(31,43)10)57-40-39(56-28(8)48)38(55-27(7)47)37(23(3)52-40)58-35-20-34(53-25(5)45)36(22(2)51-35)54-26(6)46/h11,21-23,30-40,49H,12-20H2,1-10H3/t21-,22+,23-,30-,31+,32-,33+,34+,35-,36+,37+,38+,39-,40-,41-,42+,43-/m0/s1. The Kier molecular flexibility index (Phi) is 13.1. The fourth-order valence-electron chi connectivity index (χ4n) is 11.9. The molecule has 1 N–H and O–H groups in total. The van der Waals surface area contributed by atoms with Crippen LogP contribution in [0.5, 0.6) is 0 Å². The van der Waals surface area contributed by atoms with Crippen molar-refractivity contribution in [1.29, 1.82) is 0 Å². The number of allylic oxidation sites excluding steroid dienone is 1. The van der Waals surface area contributed by atoms with Crippen LogP contribution in [-0.2, 0) is 66.6 Å². The average Bonchev–Trinajstić information content (AvgIpc) is 3.39. The van der Waals surface area contributed by atoms with E-state index in [4.69, 9.17) is 42.6 Å². The summed E-state index contributed by atoms with van der Waals surface area (Å²) in [7, 11) is 0. The molecule has 0 spiro atoms. The van der Waals surface area contributed by atoms with Crippen molar-refractivity contribution in [2.45, 2.75) is 200 Å². The molecule has 17 atom stereocenters. The van der Waals surface area contributed by atoms with Gasteiger partial charge >= 0.3 is 29.8 Å². The molecule has 0 aromatic heterocycles. The number of carbonyl (C=O) groups is 5. The van der Waals surface area contributed by atoms with Gasteiger partial charge in [-0.05, 0) is 89.4 Å². The molecule has 15 heteroatoms. The Morgan fingerprint density at radius 2 is 1.34 bits per heavy atom. The summed E-state index contributed by atoms with van der Waals surface area (Å²) < 4.78 is 53.8. The predicted molar refractivity (Wildman–Crippen MR) is 203 cm³/mol. The average molecular weight is 821 g/mol. The zero-order chi connectivity index (χ0) is 42.5. The number of rotatable bonds is 10. The van der Waals surface area contributed by atoms with Crippen LogP contribution in [0.4, 0.5) is 0 Å².